The third kappa shape index (κ3) is 5.55. The zero-order valence-electron chi connectivity index (χ0n) is 5.65. The van der Waals surface area contributed by atoms with Crippen LogP contribution in [0.5, 0.6) is 0 Å². The second-order valence-corrected chi connectivity index (χ2v) is 1.95. The lowest BCUT2D eigenvalue weighted by atomic mass is 10.5. The molecule has 0 amide bonds. The number of nitrogens with zero attached hydrogens (tertiary/aromatic N) is 1. The van der Waals surface area contributed by atoms with E-state index in [0.29, 0.717) is 0 Å². The molecule has 0 spiro atoms. The second-order valence-electron chi connectivity index (χ2n) is 1.43. The van der Waals surface area contributed by atoms with Crippen LogP contribution >= 0.6 is 12.6 Å². The Labute approximate surface area is 65.5 Å². The second kappa shape index (κ2) is 6.54. The smallest absolute Gasteiger partial charge is 0.0401 e. The van der Waals surface area contributed by atoms with Gasteiger partial charge < -0.3 is 5.21 Å². The van der Waals surface area contributed by atoms with Gasteiger partial charge in [-0.05, 0) is 12.1 Å². The van der Waals surface area contributed by atoms with Crippen LogP contribution in [0.2, 0.25) is 0 Å². The van der Waals surface area contributed by atoms with Crippen molar-refractivity contribution in [2.75, 3.05) is 7.05 Å². The van der Waals surface area contributed by atoms with E-state index in [2.05, 4.69) is 17.6 Å². The maximum atomic E-state index is 7.32. The van der Waals surface area contributed by atoms with E-state index in [9.17, 15) is 0 Å². The van der Waals surface area contributed by atoms with E-state index in [1.54, 1.807) is 17.9 Å². The number of nitrogens with one attached hydrogen (secondary N) is 1. The summed E-state index contributed by atoms with van der Waals surface area (Å²) in [5, 5.41) is 7.32. The van der Waals surface area contributed by atoms with Crippen LogP contribution in [0, 0.1) is 0 Å². The number of hydrogen-bond acceptors (Lipinski definition) is 4. The third-order valence-electron chi connectivity index (χ3n) is 0.646. The van der Waals surface area contributed by atoms with Crippen molar-refractivity contribution >= 4 is 12.6 Å². The van der Waals surface area contributed by atoms with E-state index in [-0.39, 0.29) is 0 Å². The van der Waals surface area contributed by atoms with Gasteiger partial charge in [-0.15, -0.1) is 12.6 Å². The lowest BCUT2D eigenvalue weighted by Crippen LogP contribution is -1.91. The van der Waals surface area contributed by atoms with Gasteiger partial charge in [0.1, 0.15) is 0 Å². The Morgan fingerprint density at radius 3 is 2.50 bits per heavy atom. The topological polar surface area (TPSA) is 45.1 Å². The van der Waals surface area contributed by atoms with E-state index < -0.39 is 0 Å². The summed E-state index contributed by atoms with van der Waals surface area (Å²) in [5.41, 5.74) is 1.75. The Morgan fingerprint density at radius 2 is 2.30 bits per heavy atom. The Balaban J connectivity index is 0.000000236. The molecule has 0 fully saturated rings. The fourth-order valence-corrected chi connectivity index (χ4v) is 0.506. The first-order chi connectivity index (χ1) is 4.81. The van der Waals surface area contributed by atoms with Crippen molar-refractivity contribution in [3.05, 3.63) is 24.5 Å². The van der Waals surface area contributed by atoms with Crippen LogP contribution in [0.15, 0.2) is 29.4 Å². The number of rotatable bonds is 0. The molecular weight excluding hydrogens is 148 g/mol. The van der Waals surface area contributed by atoms with Gasteiger partial charge in [-0.2, -0.15) is 0 Å². The van der Waals surface area contributed by atoms with Crippen molar-refractivity contribution in [3.8, 4) is 0 Å². The molecule has 10 heavy (non-hydrogen) atoms. The minimum atomic E-state index is 0.905. The number of hydroxylamine groups is 1. The lowest BCUT2D eigenvalue weighted by Gasteiger charge is -1.81. The van der Waals surface area contributed by atoms with Gasteiger partial charge >= 0.3 is 0 Å². The average Bonchev–Trinajstić information content (AvgIpc) is 1.91. The van der Waals surface area contributed by atoms with Gasteiger partial charge in [0.2, 0.25) is 0 Å². The number of pyridine rings is 1. The van der Waals surface area contributed by atoms with Gasteiger partial charge in [0, 0.05) is 24.3 Å². The Kier molecular flexibility index (Phi) is 6.16. The molecule has 0 saturated heterocycles. The van der Waals surface area contributed by atoms with Gasteiger partial charge in [0.25, 0.3) is 0 Å². The molecule has 0 aliphatic heterocycles. The SMILES string of the molecule is CNO.Sc1cccnc1. The summed E-state index contributed by atoms with van der Waals surface area (Å²) in [5.74, 6) is 0. The lowest BCUT2D eigenvalue weighted by molar-refractivity contribution is 0.194. The van der Waals surface area contributed by atoms with Crippen LogP contribution in [0.25, 0.3) is 0 Å². The van der Waals surface area contributed by atoms with Gasteiger partial charge in [-0.25, -0.2) is 5.48 Å². The van der Waals surface area contributed by atoms with Gasteiger partial charge in [-0.3, -0.25) is 4.98 Å². The molecule has 1 rings (SSSR count). The molecule has 0 saturated carbocycles. The summed E-state index contributed by atoms with van der Waals surface area (Å²) in [6.07, 6.45) is 3.42. The first kappa shape index (κ1) is 9.42. The van der Waals surface area contributed by atoms with Gasteiger partial charge in [0.15, 0.2) is 0 Å². The predicted molar refractivity (Wildman–Crippen MR) is 42.3 cm³/mol. The average molecular weight is 158 g/mol. The Bertz CT molecular complexity index is 157. The number of thiol groups is 1. The van der Waals surface area contributed by atoms with Crippen molar-refractivity contribution in [2.45, 2.75) is 4.90 Å². The maximum Gasteiger partial charge on any atom is 0.0401 e. The fourth-order valence-electron chi connectivity index (χ4n) is 0.354. The summed E-state index contributed by atoms with van der Waals surface area (Å²) in [6.45, 7) is 0. The van der Waals surface area contributed by atoms with Crippen molar-refractivity contribution in [1.29, 1.82) is 0 Å². The number of hydrogen-bond donors (Lipinski definition) is 3. The molecule has 0 aliphatic rings. The molecule has 2 N–H and O–H groups in total. The summed E-state index contributed by atoms with van der Waals surface area (Å²) < 4.78 is 0. The summed E-state index contributed by atoms with van der Waals surface area (Å²) in [7, 11) is 1.43. The molecule has 56 valence electrons. The molecule has 0 radical (unpaired) electrons. The van der Waals surface area contributed by atoms with E-state index >= 15 is 0 Å². The number of aromatic nitrogens is 1. The predicted octanol–water partition coefficient (Wildman–Crippen LogP) is 0.965. The minimum Gasteiger partial charge on any atom is -0.317 e. The molecule has 0 bridgehead atoms. The quantitative estimate of drug-likeness (QED) is 0.389. The van der Waals surface area contributed by atoms with Crippen molar-refractivity contribution in [3.63, 3.8) is 0 Å². The molecule has 4 heteroatoms. The van der Waals surface area contributed by atoms with Gasteiger partial charge in [0.05, 0.1) is 0 Å². The molecular formula is C6H10N2OS. The fraction of sp³-hybridized carbons (Fsp3) is 0.167. The molecule has 1 heterocycles. The van der Waals surface area contributed by atoms with Crippen molar-refractivity contribution < 1.29 is 5.21 Å². The Morgan fingerprint density at radius 1 is 1.70 bits per heavy atom. The van der Waals surface area contributed by atoms with Crippen LogP contribution in [0.1, 0.15) is 0 Å². The molecule has 0 aliphatic carbocycles. The van der Waals surface area contributed by atoms with Crippen LogP contribution in [-0.2, 0) is 0 Å². The monoisotopic (exact) mass is 158 g/mol. The zero-order chi connectivity index (χ0) is 7.82. The molecule has 1 aromatic rings. The molecule has 3 nitrogen and oxygen atoms in total. The van der Waals surface area contributed by atoms with Crippen LogP contribution in [0.3, 0.4) is 0 Å². The minimum absolute atomic E-state index is 0.905. The summed E-state index contributed by atoms with van der Waals surface area (Å²) >= 11 is 4.02. The van der Waals surface area contributed by atoms with E-state index in [4.69, 9.17) is 5.21 Å². The summed E-state index contributed by atoms with van der Waals surface area (Å²) in [6, 6.07) is 3.73. The first-order valence-corrected chi connectivity index (χ1v) is 3.15. The van der Waals surface area contributed by atoms with Crippen molar-refractivity contribution in [1.82, 2.24) is 10.5 Å². The summed E-state index contributed by atoms with van der Waals surface area (Å²) in [4.78, 5) is 4.71. The zero-order valence-corrected chi connectivity index (χ0v) is 6.55. The molecule has 1 aromatic heterocycles. The highest BCUT2D eigenvalue weighted by molar-refractivity contribution is 7.80. The molecule has 0 atom stereocenters. The maximum absolute atomic E-state index is 7.32. The van der Waals surface area contributed by atoms with E-state index in [0.717, 1.165) is 4.90 Å². The van der Waals surface area contributed by atoms with Crippen LogP contribution in [0.4, 0.5) is 0 Å². The highest BCUT2D eigenvalue weighted by Gasteiger charge is 1.74. The highest BCUT2D eigenvalue weighted by Crippen LogP contribution is 1.98. The molecule has 0 unspecified atom stereocenters. The van der Waals surface area contributed by atoms with Crippen LogP contribution < -0.4 is 5.48 Å². The van der Waals surface area contributed by atoms with E-state index in [1.165, 1.54) is 7.05 Å². The van der Waals surface area contributed by atoms with Gasteiger partial charge in [-0.1, -0.05) is 0 Å². The highest BCUT2D eigenvalue weighted by atomic mass is 32.1. The van der Waals surface area contributed by atoms with E-state index in [1.807, 2.05) is 12.1 Å². The van der Waals surface area contributed by atoms with Crippen molar-refractivity contribution in [2.24, 2.45) is 0 Å². The third-order valence-corrected chi connectivity index (χ3v) is 0.910. The standard InChI is InChI=1S/C5H5NS.CH5NO/c7-5-2-1-3-6-4-5;1-2-3/h1-4,7H;2-3H,1H3. The normalized spacial score (nSPS) is 7.90. The van der Waals surface area contributed by atoms with Crippen LogP contribution in [-0.4, -0.2) is 17.2 Å². The first-order valence-electron chi connectivity index (χ1n) is 2.71. The molecule has 0 aromatic carbocycles. The largest absolute Gasteiger partial charge is 0.317 e. The Hall–Kier alpha value is -0.580.